The maximum Gasteiger partial charge on any atom is 0.276 e. The Morgan fingerprint density at radius 1 is 1.42 bits per heavy atom. The summed E-state index contributed by atoms with van der Waals surface area (Å²) in [6.45, 7) is 1.13. The number of thioether (sulfide) groups is 1. The molecule has 0 bridgehead atoms. The molecule has 1 aromatic heterocycles. The molecule has 19 heavy (non-hydrogen) atoms. The maximum atomic E-state index is 12.4. The first-order valence-corrected chi connectivity index (χ1v) is 9.52. The Balaban J connectivity index is 2.15. The van der Waals surface area contributed by atoms with Gasteiger partial charge in [-0.1, -0.05) is 0 Å². The fraction of sp³-hybridized carbons (Fsp3) is 0.667. The molecule has 1 atom stereocenters. The van der Waals surface area contributed by atoms with Gasteiger partial charge in [0.15, 0.2) is 0 Å². The number of hydrogen-bond donors (Lipinski definition) is 0. The normalized spacial score (nSPS) is 22.3. The summed E-state index contributed by atoms with van der Waals surface area (Å²) in [4.78, 5) is 0. The van der Waals surface area contributed by atoms with Crippen LogP contribution in [0.2, 0.25) is 0 Å². The average molecular weight is 324 g/mol. The van der Waals surface area contributed by atoms with Crippen LogP contribution in [0.15, 0.2) is 21.6 Å². The van der Waals surface area contributed by atoms with Crippen LogP contribution in [-0.4, -0.2) is 37.3 Å². The standard InChI is InChI=1S/C12H18ClNO3S2/c1-18-11-3-2-7-14(8-6-11)19(15,16)12-5-4-10(9-13)17-12/h4-5,11H,2-3,6-9H2,1H3. The van der Waals surface area contributed by atoms with Crippen LogP contribution in [0, 0.1) is 0 Å². The molecule has 0 radical (unpaired) electrons. The van der Waals surface area contributed by atoms with Gasteiger partial charge in [-0.2, -0.15) is 16.1 Å². The molecule has 0 N–H and O–H groups in total. The quantitative estimate of drug-likeness (QED) is 0.799. The summed E-state index contributed by atoms with van der Waals surface area (Å²) in [6.07, 6.45) is 4.93. The third-order valence-electron chi connectivity index (χ3n) is 3.33. The predicted molar refractivity (Wildman–Crippen MR) is 78.2 cm³/mol. The van der Waals surface area contributed by atoms with E-state index in [-0.39, 0.29) is 11.0 Å². The van der Waals surface area contributed by atoms with Gasteiger partial charge in [0.05, 0.1) is 5.88 Å². The predicted octanol–water partition coefficient (Wildman–Crippen LogP) is 2.92. The Morgan fingerprint density at radius 3 is 2.84 bits per heavy atom. The number of rotatable bonds is 4. The molecule has 1 aliphatic heterocycles. The van der Waals surface area contributed by atoms with Crippen LogP contribution in [0.4, 0.5) is 0 Å². The minimum atomic E-state index is -3.51. The summed E-state index contributed by atoms with van der Waals surface area (Å²) >= 11 is 7.45. The van der Waals surface area contributed by atoms with Gasteiger partial charge in [-0.15, -0.1) is 11.6 Å². The molecule has 2 rings (SSSR count). The van der Waals surface area contributed by atoms with E-state index in [2.05, 4.69) is 6.26 Å². The maximum absolute atomic E-state index is 12.4. The molecule has 4 nitrogen and oxygen atoms in total. The van der Waals surface area contributed by atoms with Crippen molar-refractivity contribution in [1.29, 1.82) is 0 Å². The molecule has 7 heteroatoms. The molecule has 1 aromatic rings. The van der Waals surface area contributed by atoms with Crippen LogP contribution < -0.4 is 0 Å². The average Bonchev–Trinajstić information content (AvgIpc) is 2.76. The SMILES string of the molecule is CSC1CCCN(S(=O)(=O)c2ccc(CCl)o2)CC1. The molecule has 1 saturated heterocycles. The van der Waals surface area contributed by atoms with Crippen molar-refractivity contribution in [3.8, 4) is 0 Å². The zero-order valence-corrected chi connectivity index (χ0v) is 13.2. The summed E-state index contributed by atoms with van der Waals surface area (Å²) in [5.74, 6) is 0.668. The highest BCUT2D eigenvalue weighted by Crippen LogP contribution is 2.26. The van der Waals surface area contributed by atoms with E-state index in [0.29, 0.717) is 24.1 Å². The lowest BCUT2D eigenvalue weighted by Crippen LogP contribution is -2.32. The topological polar surface area (TPSA) is 50.5 Å². The monoisotopic (exact) mass is 323 g/mol. The van der Waals surface area contributed by atoms with Gasteiger partial charge < -0.3 is 4.42 Å². The van der Waals surface area contributed by atoms with Crippen molar-refractivity contribution >= 4 is 33.4 Å². The molecule has 0 amide bonds. The van der Waals surface area contributed by atoms with E-state index >= 15 is 0 Å². The molecule has 0 saturated carbocycles. The largest absolute Gasteiger partial charge is 0.447 e. The smallest absolute Gasteiger partial charge is 0.276 e. The minimum absolute atomic E-state index is 0.00533. The first kappa shape index (κ1) is 15.2. The van der Waals surface area contributed by atoms with Crippen molar-refractivity contribution < 1.29 is 12.8 Å². The second kappa shape index (κ2) is 6.52. The van der Waals surface area contributed by atoms with Gasteiger partial charge in [0.25, 0.3) is 10.0 Å². The first-order valence-electron chi connectivity index (χ1n) is 6.25. The van der Waals surface area contributed by atoms with E-state index in [9.17, 15) is 8.42 Å². The number of nitrogens with zero attached hydrogens (tertiary/aromatic N) is 1. The van der Waals surface area contributed by atoms with Crippen LogP contribution in [0.1, 0.15) is 25.0 Å². The Bertz CT molecular complexity index is 515. The first-order chi connectivity index (χ1) is 9.07. The molecule has 0 spiro atoms. The molecule has 2 heterocycles. The van der Waals surface area contributed by atoms with Crippen molar-refractivity contribution in [2.24, 2.45) is 0 Å². The van der Waals surface area contributed by atoms with Crippen molar-refractivity contribution in [2.75, 3.05) is 19.3 Å². The van der Waals surface area contributed by atoms with E-state index < -0.39 is 10.0 Å². The lowest BCUT2D eigenvalue weighted by molar-refractivity contribution is 0.377. The second-order valence-corrected chi connectivity index (χ2v) is 7.82. The second-order valence-electron chi connectivity index (χ2n) is 4.55. The summed E-state index contributed by atoms with van der Waals surface area (Å²) in [6, 6.07) is 3.10. The Hall–Kier alpha value is -0.170. The van der Waals surface area contributed by atoms with Gasteiger partial charge in [0, 0.05) is 18.3 Å². The number of hydrogen-bond acceptors (Lipinski definition) is 4. The van der Waals surface area contributed by atoms with Crippen molar-refractivity contribution in [3.05, 3.63) is 17.9 Å². The van der Waals surface area contributed by atoms with Crippen molar-refractivity contribution in [1.82, 2.24) is 4.31 Å². The molecule has 1 fully saturated rings. The highest BCUT2D eigenvalue weighted by atomic mass is 35.5. The van der Waals surface area contributed by atoms with Crippen LogP contribution in [0.25, 0.3) is 0 Å². The Morgan fingerprint density at radius 2 is 2.21 bits per heavy atom. The summed E-state index contributed by atoms with van der Waals surface area (Å²) in [7, 11) is -3.51. The van der Waals surface area contributed by atoms with Crippen LogP contribution in [0.5, 0.6) is 0 Å². The van der Waals surface area contributed by atoms with Crippen molar-refractivity contribution in [2.45, 2.75) is 35.5 Å². The van der Waals surface area contributed by atoms with E-state index in [1.165, 1.54) is 10.4 Å². The van der Waals surface area contributed by atoms with Crippen LogP contribution >= 0.6 is 23.4 Å². The molecule has 0 aromatic carbocycles. The van der Waals surface area contributed by atoms with Gasteiger partial charge in [0.2, 0.25) is 5.09 Å². The lowest BCUT2D eigenvalue weighted by Gasteiger charge is -2.18. The summed E-state index contributed by atoms with van der Waals surface area (Å²) in [5, 5.41) is 0.556. The van der Waals surface area contributed by atoms with Gasteiger partial charge >= 0.3 is 0 Å². The zero-order valence-electron chi connectivity index (χ0n) is 10.8. The summed E-state index contributed by atoms with van der Waals surface area (Å²) < 4.78 is 31.7. The van der Waals surface area contributed by atoms with E-state index in [4.69, 9.17) is 16.0 Å². The van der Waals surface area contributed by atoms with E-state index in [1.54, 1.807) is 6.07 Å². The molecular formula is C12H18ClNO3S2. The molecule has 1 aliphatic rings. The fourth-order valence-electron chi connectivity index (χ4n) is 2.21. The molecule has 108 valence electrons. The highest BCUT2D eigenvalue weighted by Gasteiger charge is 2.29. The van der Waals surface area contributed by atoms with E-state index in [1.807, 2.05) is 11.8 Å². The van der Waals surface area contributed by atoms with Crippen LogP contribution in [-0.2, 0) is 15.9 Å². The molecular weight excluding hydrogens is 306 g/mol. The number of sulfonamides is 1. The molecule has 0 aliphatic carbocycles. The lowest BCUT2D eigenvalue weighted by atomic mass is 10.2. The number of furan rings is 1. The fourth-order valence-corrected chi connectivity index (χ4v) is 4.52. The van der Waals surface area contributed by atoms with E-state index in [0.717, 1.165) is 19.3 Å². The Kier molecular flexibility index (Phi) is 5.22. The number of alkyl halides is 1. The highest BCUT2D eigenvalue weighted by molar-refractivity contribution is 7.99. The zero-order chi connectivity index (χ0) is 13.9. The van der Waals surface area contributed by atoms with Crippen LogP contribution in [0.3, 0.4) is 0 Å². The van der Waals surface area contributed by atoms with Gasteiger partial charge in [-0.05, 0) is 37.7 Å². The van der Waals surface area contributed by atoms with Gasteiger partial charge in [-0.25, -0.2) is 8.42 Å². The van der Waals surface area contributed by atoms with Crippen molar-refractivity contribution in [3.63, 3.8) is 0 Å². The summed E-state index contributed by atoms with van der Waals surface area (Å²) in [5.41, 5.74) is 0. The Labute approximate surface area is 123 Å². The number of halogens is 1. The van der Waals surface area contributed by atoms with Gasteiger partial charge in [-0.3, -0.25) is 0 Å². The minimum Gasteiger partial charge on any atom is -0.447 e. The molecule has 1 unspecified atom stereocenters. The van der Waals surface area contributed by atoms with Gasteiger partial charge in [0.1, 0.15) is 5.76 Å². The third kappa shape index (κ3) is 3.48. The third-order valence-corrected chi connectivity index (χ3v) is 6.50.